The summed E-state index contributed by atoms with van der Waals surface area (Å²) in [7, 11) is 0. The summed E-state index contributed by atoms with van der Waals surface area (Å²) in [6.45, 7) is 2.69. The first-order chi connectivity index (χ1) is 7.22. The molecule has 0 saturated heterocycles. The van der Waals surface area contributed by atoms with E-state index < -0.39 is 0 Å². The molecular formula is C10H14ClNO3. The van der Waals surface area contributed by atoms with Gasteiger partial charge in [-0.3, -0.25) is 4.79 Å². The molecule has 4 nitrogen and oxygen atoms in total. The smallest absolute Gasteiger partial charge is 0.223 e. The second-order valence-electron chi connectivity index (χ2n) is 2.98. The number of nitrogens with zero attached hydrogens (tertiary/aromatic N) is 1. The number of rotatable bonds is 5. The van der Waals surface area contributed by atoms with Crippen molar-refractivity contribution < 1.29 is 9.84 Å². The quantitative estimate of drug-likeness (QED) is 0.769. The summed E-state index contributed by atoms with van der Waals surface area (Å²) in [5.41, 5.74) is 0.560. The largest absolute Gasteiger partial charge is 0.486 e. The molecule has 0 saturated carbocycles. The third-order valence-corrected chi connectivity index (χ3v) is 2.28. The van der Waals surface area contributed by atoms with Gasteiger partial charge in [-0.25, -0.2) is 0 Å². The van der Waals surface area contributed by atoms with Crippen molar-refractivity contribution in [3.05, 3.63) is 28.2 Å². The number of aromatic nitrogens is 1. The van der Waals surface area contributed by atoms with Gasteiger partial charge in [0.2, 0.25) is 5.43 Å². The first-order valence-electron chi connectivity index (χ1n) is 4.76. The van der Waals surface area contributed by atoms with Crippen LogP contribution in [0, 0.1) is 0 Å². The lowest BCUT2D eigenvalue weighted by molar-refractivity contribution is 0.199. The van der Waals surface area contributed by atoms with Crippen LogP contribution in [0.25, 0.3) is 0 Å². The molecule has 1 heterocycles. The van der Waals surface area contributed by atoms with E-state index in [9.17, 15) is 4.79 Å². The maximum Gasteiger partial charge on any atom is 0.223 e. The summed E-state index contributed by atoms with van der Waals surface area (Å²) in [5.74, 6) is 0.545. The van der Waals surface area contributed by atoms with Crippen LogP contribution < -0.4 is 10.2 Å². The molecule has 0 spiro atoms. The molecule has 0 aromatic carbocycles. The van der Waals surface area contributed by atoms with E-state index in [0.29, 0.717) is 5.88 Å². The van der Waals surface area contributed by atoms with Gasteiger partial charge >= 0.3 is 0 Å². The summed E-state index contributed by atoms with van der Waals surface area (Å²) in [4.78, 5) is 11.5. The molecule has 0 aliphatic carbocycles. The van der Waals surface area contributed by atoms with E-state index in [1.165, 1.54) is 6.07 Å². The van der Waals surface area contributed by atoms with Gasteiger partial charge in [-0.05, 0) is 6.92 Å². The van der Waals surface area contributed by atoms with E-state index in [2.05, 4.69) is 0 Å². The molecule has 1 N–H and O–H groups in total. The standard InChI is InChI=1S/C10H14ClNO3/c1-2-12-7-10(15-4-3-13)9(14)5-8(12)6-11/h5,7,13H,2-4,6H2,1H3. The predicted octanol–water partition coefficient (Wildman–Crippen LogP) is 0.978. The topological polar surface area (TPSA) is 51.5 Å². The highest BCUT2D eigenvalue weighted by Gasteiger charge is 2.05. The Balaban J connectivity index is 3.03. The number of hydrogen-bond donors (Lipinski definition) is 1. The van der Waals surface area contributed by atoms with Gasteiger partial charge in [-0.2, -0.15) is 0 Å². The van der Waals surface area contributed by atoms with Crippen molar-refractivity contribution in [2.45, 2.75) is 19.3 Å². The SMILES string of the molecule is CCn1cc(OCCO)c(=O)cc1CCl. The summed E-state index contributed by atoms with van der Waals surface area (Å²) >= 11 is 5.70. The van der Waals surface area contributed by atoms with Crippen molar-refractivity contribution in [3.63, 3.8) is 0 Å². The molecule has 84 valence electrons. The lowest BCUT2D eigenvalue weighted by Crippen LogP contribution is -2.15. The highest BCUT2D eigenvalue weighted by Crippen LogP contribution is 2.08. The van der Waals surface area contributed by atoms with Crippen LogP contribution in [0.4, 0.5) is 0 Å². The Morgan fingerprint density at radius 2 is 2.33 bits per heavy atom. The van der Waals surface area contributed by atoms with E-state index in [-0.39, 0.29) is 24.4 Å². The van der Waals surface area contributed by atoms with Crippen LogP contribution in [0.5, 0.6) is 5.75 Å². The monoisotopic (exact) mass is 231 g/mol. The van der Waals surface area contributed by atoms with Gasteiger partial charge in [0, 0.05) is 18.3 Å². The zero-order valence-corrected chi connectivity index (χ0v) is 9.33. The van der Waals surface area contributed by atoms with E-state index >= 15 is 0 Å². The van der Waals surface area contributed by atoms with Gasteiger partial charge in [0.05, 0.1) is 18.7 Å². The first-order valence-corrected chi connectivity index (χ1v) is 5.29. The number of halogens is 1. The van der Waals surface area contributed by atoms with Gasteiger partial charge in [0.1, 0.15) is 6.61 Å². The van der Waals surface area contributed by atoms with Crippen LogP contribution in [0.3, 0.4) is 0 Å². The van der Waals surface area contributed by atoms with E-state index in [4.69, 9.17) is 21.4 Å². The lowest BCUT2D eigenvalue weighted by Gasteiger charge is -2.11. The van der Waals surface area contributed by atoms with Crippen LogP contribution in [0.15, 0.2) is 17.1 Å². The summed E-state index contributed by atoms with van der Waals surface area (Å²) in [6.07, 6.45) is 1.62. The third-order valence-electron chi connectivity index (χ3n) is 2.01. The predicted molar refractivity (Wildman–Crippen MR) is 58.5 cm³/mol. The second-order valence-corrected chi connectivity index (χ2v) is 3.25. The van der Waals surface area contributed by atoms with Crippen molar-refractivity contribution in [1.82, 2.24) is 4.57 Å². The zero-order chi connectivity index (χ0) is 11.3. The van der Waals surface area contributed by atoms with Crippen molar-refractivity contribution in [2.24, 2.45) is 0 Å². The molecule has 0 aliphatic heterocycles. The van der Waals surface area contributed by atoms with Crippen molar-refractivity contribution in [1.29, 1.82) is 0 Å². The molecule has 0 radical (unpaired) electrons. The number of aliphatic hydroxyl groups excluding tert-OH is 1. The van der Waals surface area contributed by atoms with E-state index in [1.807, 2.05) is 11.5 Å². The molecule has 0 unspecified atom stereocenters. The van der Waals surface area contributed by atoms with E-state index in [1.54, 1.807) is 6.20 Å². The Hall–Kier alpha value is -1.00. The van der Waals surface area contributed by atoms with Gasteiger partial charge in [0.25, 0.3) is 0 Å². The molecule has 0 aliphatic rings. The van der Waals surface area contributed by atoms with Crippen LogP contribution in [0.1, 0.15) is 12.6 Å². The molecule has 15 heavy (non-hydrogen) atoms. The van der Waals surface area contributed by atoms with Crippen molar-refractivity contribution in [3.8, 4) is 5.75 Å². The van der Waals surface area contributed by atoms with Crippen molar-refractivity contribution >= 4 is 11.6 Å². The first kappa shape index (κ1) is 12.1. The minimum Gasteiger partial charge on any atom is -0.486 e. The van der Waals surface area contributed by atoms with Crippen LogP contribution in [-0.2, 0) is 12.4 Å². The molecule has 1 rings (SSSR count). The number of pyridine rings is 1. The molecular weight excluding hydrogens is 218 g/mol. The summed E-state index contributed by atoms with van der Waals surface area (Å²) in [6, 6.07) is 1.46. The maximum atomic E-state index is 11.5. The molecule has 0 fully saturated rings. The number of alkyl halides is 1. The Bertz CT molecular complexity index is 375. The Labute approximate surface area is 93.1 Å². The van der Waals surface area contributed by atoms with E-state index in [0.717, 1.165) is 12.2 Å². The second kappa shape index (κ2) is 5.78. The molecule has 5 heteroatoms. The number of ether oxygens (including phenoxy) is 1. The molecule has 0 atom stereocenters. The minimum atomic E-state index is -0.205. The number of aliphatic hydroxyl groups is 1. The highest BCUT2D eigenvalue weighted by atomic mass is 35.5. The van der Waals surface area contributed by atoms with Crippen molar-refractivity contribution in [2.75, 3.05) is 13.2 Å². The fourth-order valence-electron chi connectivity index (χ4n) is 1.27. The average molecular weight is 232 g/mol. The maximum absolute atomic E-state index is 11.5. The van der Waals surface area contributed by atoms with Gasteiger partial charge in [-0.15, -0.1) is 11.6 Å². The summed E-state index contributed by atoms with van der Waals surface area (Å²) in [5, 5.41) is 8.59. The Morgan fingerprint density at radius 1 is 1.60 bits per heavy atom. The minimum absolute atomic E-state index is 0.108. The number of aryl methyl sites for hydroxylation is 1. The van der Waals surface area contributed by atoms with Gasteiger partial charge in [0.15, 0.2) is 5.75 Å². The fourth-order valence-corrected chi connectivity index (χ4v) is 1.50. The molecule has 0 bridgehead atoms. The normalized spacial score (nSPS) is 10.3. The molecule has 1 aromatic heterocycles. The fraction of sp³-hybridized carbons (Fsp3) is 0.500. The Morgan fingerprint density at radius 3 is 2.87 bits per heavy atom. The summed E-state index contributed by atoms with van der Waals surface area (Å²) < 4.78 is 6.95. The molecule has 0 amide bonds. The zero-order valence-electron chi connectivity index (χ0n) is 8.57. The highest BCUT2D eigenvalue weighted by molar-refractivity contribution is 6.16. The third kappa shape index (κ3) is 2.97. The van der Waals surface area contributed by atoms with Gasteiger partial charge in [-0.1, -0.05) is 0 Å². The Kier molecular flexibility index (Phi) is 4.65. The lowest BCUT2D eigenvalue weighted by atomic mass is 10.3. The molecule has 1 aromatic rings. The average Bonchev–Trinajstić information content (AvgIpc) is 2.27. The van der Waals surface area contributed by atoms with Gasteiger partial charge < -0.3 is 14.4 Å². The van der Waals surface area contributed by atoms with Crippen LogP contribution in [-0.4, -0.2) is 22.9 Å². The van der Waals surface area contributed by atoms with Crippen LogP contribution >= 0.6 is 11.6 Å². The van der Waals surface area contributed by atoms with Crippen LogP contribution in [0.2, 0.25) is 0 Å². The number of hydrogen-bond acceptors (Lipinski definition) is 3.